The number of ether oxygens (including phenoxy) is 1. The van der Waals surface area contributed by atoms with E-state index in [2.05, 4.69) is 27.4 Å². The van der Waals surface area contributed by atoms with Crippen LogP contribution >= 0.6 is 46.6 Å². The van der Waals surface area contributed by atoms with Crippen molar-refractivity contribution in [2.24, 2.45) is 0 Å². The highest BCUT2D eigenvalue weighted by molar-refractivity contribution is 8.01. The Kier molecular flexibility index (Phi) is 7.80. The van der Waals surface area contributed by atoms with Gasteiger partial charge in [-0.25, -0.2) is 4.98 Å². The van der Waals surface area contributed by atoms with Crippen LogP contribution in [0, 0.1) is 0 Å². The second-order valence-electron chi connectivity index (χ2n) is 5.90. The number of fused-ring (bicyclic) bond motifs is 1. The Balaban J connectivity index is 1.70. The summed E-state index contributed by atoms with van der Waals surface area (Å²) in [7, 11) is 1.59. The molecule has 1 aliphatic heterocycles. The van der Waals surface area contributed by atoms with Gasteiger partial charge in [-0.1, -0.05) is 48.7 Å². The third-order valence-electron chi connectivity index (χ3n) is 3.73. The first-order chi connectivity index (χ1) is 13.5. The predicted molar refractivity (Wildman–Crippen MR) is 115 cm³/mol. The molecule has 152 valence electrons. The molecule has 0 saturated heterocycles. The van der Waals surface area contributed by atoms with Gasteiger partial charge in [-0.15, -0.1) is 22.0 Å². The lowest BCUT2D eigenvalue weighted by Crippen LogP contribution is -2.27. The van der Waals surface area contributed by atoms with Crippen molar-refractivity contribution in [3.8, 4) is 0 Å². The molecule has 8 nitrogen and oxygen atoms in total. The first-order valence-electron chi connectivity index (χ1n) is 8.70. The van der Waals surface area contributed by atoms with E-state index in [0.717, 1.165) is 22.2 Å². The summed E-state index contributed by atoms with van der Waals surface area (Å²) in [5.74, 6) is 0.833. The molecule has 0 spiro atoms. The number of nitrogens with one attached hydrogen (secondary N) is 1. The van der Waals surface area contributed by atoms with E-state index in [4.69, 9.17) is 4.74 Å². The number of hydrogen-bond acceptors (Lipinski definition) is 10. The van der Waals surface area contributed by atoms with Gasteiger partial charge in [0.15, 0.2) is 9.50 Å². The van der Waals surface area contributed by atoms with E-state index >= 15 is 0 Å². The fourth-order valence-electron chi connectivity index (χ4n) is 2.55. The highest BCUT2D eigenvalue weighted by atomic mass is 32.2. The largest absolute Gasteiger partial charge is 0.383 e. The molecular weight excluding hydrogens is 438 g/mol. The molecule has 0 aromatic carbocycles. The zero-order chi connectivity index (χ0) is 20.1. The van der Waals surface area contributed by atoms with Crippen LogP contribution in [0.15, 0.2) is 19.2 Å². The van der Waals surface area contributed by atoms with Crippen LogP contribution in [0.2, 0.25) is 0 Å². The van der Waals surface area contributed by atoms with Gasteiger partial charge < -0.3 is 4.74 Å². The summed E-state index contributed by atoms with van der Waals surface area (Å²) in [5, 5.41) is 12.1. The molecule has 1 atom stereocenters. The van der Waals surface area contributed by atoms with Crippen molar-refractivity contribution < 1.29 is 9.53 Å². The lowest BCUT2D eigenvalue weighted by Gasteiger charge is -2.13. The zero-order valence-electron chi connectivity index (χ0n) is 15.8. The number of rotatable bonds is 9. The number of carbonyl (C=O) groups excluding carboxylic acids is 1. The molecule has 1 N–H and O–H groups in total. The van der Waals surface area contributed by atoms with Crippen LogP contribution in [0.3, 0.4) is 0 Å². The maximum absolute atomic E-state index is 12.8. The second-order valence-corrected chi connectivity index (χ2v) is 10.8. The molecule has 1 amide bonds. The SMILES string of the molecule is CCSc1nnc(NC(=O)CSc2nc3c(c(=O)n2CCOC)S[C@@H](C)C3)s1. The molecule has 28 heavy (non-hydrogen) atoms. The van der Waals surface area contributed by atoms with Crippen molar-refractivity contribution >= 4 is 57.7 Å². The van der Waals surface area contributed by atoms with Gasteiger partial charge in [-0.3, -0.25) is 19.5 Å². The number of aromatic nitrogens is 4. The Hall–Kier alpha value is -1.08. The molecule has 0 fully saturated rings. The molecule has 1 aliphatic rings. The van der Waals surface area contributed by atoms with Gasteiger partial charge in [0, 0.05) is 18.8 Å². The van der Waals surface area contributed by atoms with Gasteiger partial charge in [0.25, 0.3) is 5.56 Å². The molecule has 0 saturated carbocycles. The van der Waals surface area contributed by atoms with Crippen LogP contribution in [0.1, 0.15) is 19.5 Å². The number of nitrogens with zero attached hydrogens (tertiary/aromatic N) is 4. The van der Waals surface area contributed by atoms with E-state index in [1.54, 1.807) is 35.2 Å². The molecule has 3 rings (SSSR count). The predicted octanol–water partition coefficient (Wildman–Crippen LogP) is 2.62. The average Bonchev–Trinajstić information content (AvgIpc) is 3.25. The van der Waals surface area contributed by atoms with Crippen molar-refractivity contribution in [2.45, 2.75) is 46.5 Å². The summed E-state index contributed by atoms with van der Waals surface area (Å²) in [4.78, 5) is 30.5. The quantitative estimate of drug-likeness (QED) is 0.345. The Morgan fingerprint density at radius 3 is 2.96 bits per heavy atom. The number of anilines is 1. The fraction of sp³-hybridized carbons (Fsp3) is 0.562. The van der Waals surface area contributed by atoms with Gasteiger partial charge >= 0.3 is 0 Å². The van der Waals surface area contributed by atoms with Crippen molar-refractivity contribution in [1.29, 1.82) is 0 Å². The third kappa shape index (κ3) is 5.29. The smallest absolute Gasteiger partial charge is 0.268 e. The van der Waals surface area contributed by atoms with E-state index in [9.17, 15) is 9.59 Å². The topological polar surface area (TPSA) is 99.0 Å². The normalized spacial score (nSPS) is 15.6. The standard InChI is InChI=1S/C16H21N5O3S4/c1-4-25-16-20-19-14(28-16)18-11(22)8-26-15-17-10-7-9(2)27-12(10)13(23)21(15)5-6-24-3/h9H,4-8H2,1-3H3,(H,18,19,22)/t9-/m0/s1. The van der Waals surface area contributed by atoms with Crippen LogP contribution < -0.4 is 10.9 Å². The van der Waals surface area contributed by atoms with Crippen molar-refractivity contribution in [3.63, 3.8) is 0 Å². The van der Waals surface area contributed by atoms with Gasteiger partial charge in [0.1, 0.15) is 0 Å². The summed E-state index contributed by atoms with van der Waals surface area (Å²) in [6, 6.07) is 0. The summed E-state index contributed by atoms with van der Waals surface area (Å²) >= 11 is 5.75. The van der Waals surface area contributed by atoms with E-state index in [-0.39, 0.29) is 17.2 Å². The van der Waals surface area contributed by atoms with Crippen molar-refractivity contribution in [1.82, 2.24) is 19.7 Å². The van der Waals surface area contributed by atoms with Gasteiger partial charge in [-0.05, 0) is 5.75 Å². The van der Waals surface area contributed by atoms with E-state index in [1.165, 1.54) is 23.1 Å². The van der Waals surface area contributed by atoms with Crippen molar-refractivity contribution in [2.75, 3.05) is 30.5 Å². The monoisotopic (exact) mass is 459 g/mol. The van der Waals surface area contributed by atoms with Gasteiger partial charge in [-0.2, -0.15) is 0 Å². The maximum Gasteiger partial charge on any atom is 0.268 e. The zero-order valence-corrected chi connectivity index (χ0v) is 19.0. The van der Waals surface area contributed by atoms with Crippen LogP contribution in [-0.4, -0.2) is 56.1 Å². The molecule has 12 heteroatoms. The van der Waals surface area contributed by atoms with Gasteiger partial charge in [0.2, 0.25) is 11.0 Å². The minimum atomic E-state index is -0.204. The Morgan fingerprint density at radius 2 is 2.21 bits per heavy atom. The molecular formula is C16H21N5O3S4. The van der Waals surface area contributed by atoms with Crippen LogP contribution in [0.5, 0.6) is 0 Å². The van der Waals surface area contributed by atoms with Crippen LogP contribution in [0.25, 0.3) is 0 Å². The molecule has 0 aliphatic carbocycles. The molecule has 0 unspecified atom stereocenters. The van der Waals surface area contributed by atoms with Crippen LogP contribution in [0.4, 0.5) is 5.13 Å². The van der Waals surface area contributed by atoms with Crippen LogP contribution in [-0.2, 0) is 22.5 Å². The van der Waals surface area contributed by atoms with Gasteiger partial charge in [0.05, 0.1) is 29.5 Å². The molecule has 0 bridgehead atoms. The molecule has 2 aromatic heterocycles. The number of carbonyl (C=O) groups is 1. The molecule has 3 heterocycles. The van der Waals surface area contributed by atoms with E-state index in [0.29, 0.717) is 33.6 Å². The molecule has 2 aromatic rings. The third-order valence-corrected chi connectivity index (χ3v) is 7.78. The minimum Gasteiger partial charge on any atom is -0.383 e. The lowest BCUT2D eigenvalue weighted by atomic mass is 10.2. The Morgan fingerprint density at radius 1 is 1.39 bits per heavy atom. The maximum atomic E-state index is 12.8. The molecule has 0 radical (unpaired) electrons. The number of amides is 1. The highest BCUT2D eigenvalue weighted by Crippen LogP contribution is 2.34. The Bertz CT molecular complexity index is 901. The summed E-state index contributed by atoms with van der Waals surface area (Å²) in [6.07, 6.45) is 0.767. The summed E-state index contributed by atoms with van der Waals surface area (Å²) in [6.45, 7) is 4.93. The second kappa shape index (κ2) is 10.1. The average molecular weight is 460 g/mol. The lowest BCUT2D eigenvalue weighted by molar-refractivity contribution is -0.113. The number of hydrogen-bond donors (Lipinski definition) is 1. The summed E-state index contributed by atoms with van der Waals surface area (Å²) in [5.41, 5.74) is 0.772. The highest BCUT2D eigenvalue weighted by Gasteiger charge is 2.26. The van der Waals surface area contributed by atoms with E-state index in [1.807, 2.05) is 6.92 Å². The first kappa shape index (κ1) is 21.6. The van der Waals surface area contributed by atoms with Crippen molar-refractivity contribution in [3.05, 3.63) is 16.0 Å². The first-order valence-corrected chi connectivity index (χ1v) is 12.4. The fourth-order valence-corrected chi connectivity index (χ4v) is 6.17. The number of methoxy groups -OCH3 is 1. The number of thioether (sulfide) groups is 3. The Labute approximate surface area is 179 Å². The minimum absolute atomic E-state index is 0.0512. The van der Waals surface area contributed by atoms with E-state index < -0.39 is 0 Å². The summed E-state index contributed by atoms with van der Waals surface area (Å²) < 4.78 is 7.55.